The second-order valence-corrected chi connectivity index (χ2v) is 8.08. The molecule has 142 valence electrons. The van der Waals surface area contributed by atoms with Crippen LogP contribution in [-0.2, 0) is 18.4 Å². The van der Waals surface area contributed by atoms with Crippen LogP contribution in [0.15, 0.2) is 51.7 Å². The molecule has 0 radical (unpaired) electrons. The predicted octanol–water partition coefficient (Wildman–Crippen LogP) is 5.93. The van der Waals surface area contributed by atoms with E-state index in [1.165, 1.54) is 0 Å². The molecule has 3 rings (SSSR count). The largest absolute Gasteiger partial charge is 0.488 e. The molecule has 3 nitrogen and oxygen atoms in total. The Kier molecular flexibility index (Phi) is 5.41. The van der Waals surface area contributed by atoms with E-state index in [4.69, 9.17) is 9.15 Å². The van der Waals surface area contributed by atoms with Gasteiger partial charge >= 0.3 is 5.63 Å². The van der Waals surface area contributed by atoms with Gasteiger partial charge in [-0.05, 0) is 42.0 Å². The van der Waals surface area contributed by atoms with Crippen LogP contribution in [0.4, 0.5) is 0 Å². The fourth-order valence-corrected chi connectivity index (χ4v) is 3.72. The van der Waals surface area contributed by atoms with Gasteiger partial charge < -0.3 is 9.15 Å². The highest BCUT2D eigenvalue weighted by atomic mass is 16.5. The van der Waals surface area contributed by atoms with Crippen LogP contribution < -0.4 is 10.4 Å². The molecule has 0 fully saturated rings. The summed E-state index contributed by atoms with van der Waals surface area (Å²) in [5, 5.41) is 1.01. The summed E-state index contributed by atoms with van der Waals surface area (Å²) in [6, 6.07) is 14.1. The van der Waals surface area contributed by atoms with Gasteiger partial charge in [0.1, 0.15) is 17.9 Å². The van der Waals surface area contributed by atoms with Gasteiger partial charge in [-0.15, -0.1) is 0 Å². The molecule has 1 aromatic heterocycles. The van der Waals surface area contributed by atoms with Crippen molar-refractivity contribution < 1.29 is 9.15 Å². The summed E-state index contributed by atoms with van der Waals surface area (Å²) < 4.78 is 11.9. The van der Waals surface area contributed by atoms with E-state index in [2.05, 4.69) is 27.7 Å². The van der Waals surface area contributed by atoms with E-state index in [9.17, 15) is 4.79 Å². The topological polar surface area (TPSA) is 39.4 Å². The lowest BCUT2D eigenvalue weighted by atomic mass is 9.82. The summed E-state index contributed by atoms with van der Waals surface area (Å²) in [7, 11) is 0. The summed E-state index contributed by atoms with van der Waals surface area (Å²) in [5.74, 6) is 0.792. The Bertz CT molecular complexity index is 992. The van der Waals surface area contributed by atoms with Crippen molar-refractivity contribution in [3.8, 4) is 5.75 Å². The molecular formula is C24H28O3. The Morgan fingerprint density at radius 1 is 1.04 bits per heavy atom. The highest BCUT2D eigenvalue weighted by Crippen LogP contribution is 2.36. The first kappa shape index (κ1) is 19.2. The average Bonchev–Trinajstić information content (AvgIpc) is 2.62. The third-order valence-electron chi connectivity index (χ3n) is 4.85. The van der Waals surface area contributed by atoms with E-state index >= 15 is 0 Å². The van der Waals surface area contributed by atoms with Crippen molar-refractivity contribution in [2.24, 2.45) is 0 Å². The molecule has 27 heavy (non-hydrogen) atoms. The van der Waals surface area contributed by atoms with Crippen molar-refractivity contribution in [1.29, 1.82) is 0 Å². The molecule has 1 heterocycles. The molecule has 0 aliphatic rings. The fraction of sp³-hybridized carbons (Fsp3) is 0.375. The lowest BCUT2D eigenvalue weighted by Crippen LogP contribution is -2.20. The van der Waals surface area contributed by atoms with Crippen LogP contribution in [0, 0.1) is 6.92 Å². The lowest BCUT2D eigenvalue weighted by Gasteiger charge is -2.24. The maximum atomic E-state index is 12.5. The molecule has 0 amide bonds. The number of fused-ring (bicyclic) bond motifs is 1. The summed E-state index contributed by atoms with van der Waals surface area (Å²) in [5.41, 5.74) is 4.10. The number of hydrogen-bond donors (Lipinski definition) is 0. The molecule has 0 aliphatic carbocycles. The van der Waals surface area contributed by atoms with Gasteiger partial charge in [0, 0.05) is 16.5 Å². The first-order valence-corrected chi connectivity index (χ1v) is 9.59. The molecule has 3 heteroatoms. The third kappa shape index (κ3) is 3.92. The van der Waals surface area contributed by atoms with Gasteiger partial charge in [0.2, 0.25) is 0 Å². The Balaban J connectivity index is 2.15. The van der Waals surface area contributed by atoms with Gasteiger partial charge in [-0.2, -0.15) is 0 Å². The third-order valence-corrected chi connectivity index (χ3v) is 4.85. The molecule has 0 aliphatic heterocycles. The smallest absolute Gasteiger partial charge is 0.339 e. The van der Waals surface area contributed by atoms with Crippen LogP contribution in [0.5, 0.6) is 5.75 Å². The maximum Gasteiger partial charge on any atom is 0.339 e. The minimum atomic E-state index is -0.259. The van der Waals surface area contributed by atoms with Crippen LogP contribution in [0.2, 0.25) is 0 Å². The fourth-order valence-electron chi connectivity index (χ4n) is 3.72. The number of ether oxygens (including phenoxy) is 1. The minimum absolute atomic E-state index is 0.145. The molecule has 0 saturated carbocycles. The zero-order valence-corrected chi connectivity index (χ0v) is 16.9. The van der Waals surface area contributed by atoms with E-state index in [-0.39, 0.29) is 11.0 Å². The van der Waals surface area contributed by atoms with E-state index in [1.54, 1.807) is 0 Å². The van der Waals surface area contributed by atoms with Crippen molar-refractivity contribution in [1.82, 2.24) is 0 Å². The first-order valence-electron chi connectivity index (χ1n) is 9.59. The van der Waals surface area contributed by atoms with Crippen molar-refractivity contribution in [3.63, 3.8) is 0 Å². The normalized spacial score (nSPS) is 11.7. The van der Waals surface area contributed by atoms with Crippen molar-refractivity contribution in [2.45, 2.75) is 59.5 Å². The molecular weight excluding hydrogens is 336 g/mol. The van der Waals surface area contributed by atoms with E-state index in [0.29, 0.717) is 17.8 Å². The molecule has 0 saturated heterocycles. The highest BCUT2D eigenvalue weighted by Gasteiger charge is 2.24. The number of hydrogen-bond acceptors (Lipinski definition) is 3. The monoisotopic (exact) mass is 364 g/mol. The number of aryl methyl sites for hydroxylation is 1. The summed E-state index contributed by atoms with van der Waals surface area (Å²) in [6.07, 6.45) is 1.75. The lowest BCUT2D eigenvalue weighted by molar-refractivity contribution is 0.302. The second-order valence-electron chi connectivity index (χ2n) is 8.08. The van der Waals surface area contributed by atoms with Gasteiger partial charge in [0.05, 0.1) is 0 Å². The van der Waals surface area contributed by atoms with Gasteiger partial charge in [-0.25, -0.2) is 4.79 Å². The zero-order chi connectivity index (χ0) is 19.6. The molecule has 0 spiro atoms. The average molecular weight is 364 g/mol. The second kappa shape index (κ2) is 7.59. The summed E-state index contributed by atoms with van der Waals surface area (Å²) >= 11 is 0. The molecule has 0 atom stereocenters. The van der Waals surface area contributed by atoms with Crippen molar-refractivity contribution >= 4 is 11.0 Å². The van der Waals surface area contributed by atoms with Crippen LogP contribution >= 0.6 is 0 Å². The predicted molar refractivity (Wildman–Crippen MR) is 111 cm³/mol. The van der Waals surface area contributed by atoms with E-state index < -0.39 is 0 Å². The maximum absolute atomic E-state index is 12.5. The molecule has 0 bridgehead atoms. The minimum Gasteiger partial charge on any atom is -0.488 e. The molecule has 0 N–H and O–H groups in total. The van der Waals surface area contributed by atoms with Gasteiger partial charge in [0.25, 0.3) is 0 Å². The summed E-state index contributed by atoms with van der Waals surface area (Å²) in [4.78, 5) is 12.5. The van der Waals surface area contributed by atoms with Gasteiger partial charge in [0.15, 0.2) is 0 Å². The van der Waals surface area contributed by atoms with E-state index in [1.807, 2.05) is 49.4 Å². The Hall–Kier alpha value is -2.55. The first-order chi connectivity index (χ1) is 12.8. The Morgan fingerprint density at radius 3 is 2.37 bits per heavy atom. The quantitative estimate of drug-likeness (QED) is 0.527. The Morgan fingerprint density at radius 2 is 1.74 bits per heavy atom. The summed E-state index contributed by atoms with van der Waals surface area (Å²) in [6.45, 7) is 10.9. The SMILES string of the molecule is CCCc1c(OCc2ccccc2)ccc2c(C(C)(C)C)c(C)c(=O)oc12. The van der Waals surface area contributed by atoms with Crippen LogP contribution in [-0.4, -0.2) is 0 Å². The van der Waals surface area contributed by atoms with Crippen LogP contribution in [0.25, 0.3) is 11.0 Å². The molecule has 3 aromatic rings. The van der Waals surface area contributed by atoms with Crippen molar-refractivity contribution in [3.05, 3.63) is 75.1 Å². The Labute approximate surface area is 161 Å². The van der Waals surface area contributed by atoms with E-state index in [0.717, 1.165) is 40.7 Å². The standard InChI is InChI=1S/C24H28O3/c1-6-10-18-20(26-15-17-11-8-7-9-12-17)14-13-19-21(24(3,4)5)16(2)23(25)27-22(18)19/h7-9,11-14H,6,10,15H2,1-5H3. The zero-order valence-electron chi connectivity index (χ0n) is 16.9. The molecule has 0 unspecified atom stereocenters. The van der Waals surface area contributed by atoms with Crippen LogP contribution in [0.3, 0.4) is 0 Å². The molecule has 2 aromatic carbocycles. The van der Waals surface area contributed by atoms with Gasteiger partial charge in [-0.1, -0.05) is 64.4 Å². The number of benzene rings is 2. The van der Waals surface area contributed by atoms with Crippen LogP contribution in [0.1, 0.15) is 56.4 Å². The van der Waals surface area contributed by atoms with Gasteiger partial charge in [-0.3, -0.25) is 0 Å². The van der Waals surface area contributed by atoms with Crippen molar-refractivity contribution in [2.75, 3.05) is 0 Å². The number of rotatable bonds is 5. The highest BCUT2D eigenvalue weighted by molar-refractivity contribution is 5.87.